The number of thiazole rings is 1. The van der Waals surface area contributed by atoms with Gasteiger partial charge in [-0.2, -0.15) is 0 Å². The molecule has 3 aromatic rings. The highest BCUT2D eigenvalue weighted by Crippen LogP contribution is 2.33. The first-order valence-electron chi connectivity index (χ1n) is 9.24. The average Bonchev–Trinajstić information content (AvgIpc) is 3.46. The van der Waals surface area contributed by atoms with Crippen LogP contribution in [0.2, 0.25) is 0 Å². The molecule has 5 nitrogen and oxygen atoms in total. The van der Waals surface area contributed by atoms with Crippen LogP contribution < -0.4 is 10.2 Å². The number of aryl methyl sites for hydroxylation is 1. The number of hydrogen-bond acceptors (Lipinski definition) is 4. The third kappa shape index (κ3) is 3.68. The van der Waals surface area contributed by atoms with Gasteiger partial charge in [-0.25, -0.2) is 4.98 Å². The van der Waals surface area contributed by atoms with Crippen molar-refractivity contribution in [3.63, 3.8) is 0 Å². The first-order valence-corrected chi connectivity index (χ1v) is 10.1. The van der Waals surface area contributed by atoms with Gasteiger partial charge in [0, 0.05) is 23.9 Å². The molecule has 28 heavy (non-hydrogen) atoms. The van der Waals surface area contributed by atoms with E-state index in [0.29, 0.717) is 16.4 Å². The minimum atomic E-state index is -0.267. The molecule has 0 radical (unpaired) electrons. The van der Waals surface area contributed by atoms with Crippen LogP contribution in [0.4, 0.5) is 10.8 Å². The lowest BCUT2D eigenvalue weighted by atomic mass is 10.1. The summed E-state index contributed by atoms with van der Waals surface area (Å²) in [7, 11) is 1.73. The maximum Gasteiger partial charge on any atom is 0.259 e. The van der Waals surface area contributed by atoms with Gasteiger partial charge in [-0.1, -0.05) is 36.4 Å². The van der Waals surface area contributed by atoms with Gasteiger partial charge < -0.3 is 4.90 Å². The summed E-state index contributed by atoms with van der Waals surface area (Å²) in [5.74, 6) is -0.107. The molecule has 1 aliphatic rings. The molecule has 0 atom stereocenters. The van der Waals surface area contributed by atoms with Gasteiger partial charge in [0.25, 0.3) is 5.91 Å². The quantitative estimate of drug-likeness (QED) is 0.683. The van der Waals surface area contributed by atoms with E-state index in [0.717, 1.165) is 29.7 Å². The predicted octanol–water partition coefficient (Wildman–Crippen LogP) is 4.74. The highest BCUT2D eigenvalue weighted by molar-refractivity contribution is 7.14. The normalized spacial score (nSPS) is 13.2. The standard InChI is InChI=1S/C22H21N3O2S/c1-14-7-3-4-8-16(14)18-13-28-22(23-18)24-20(26)17-9-5-6-10-19(17)25(2)21(27)15-11-12-15/h3-10,13,15H,11-12H2,1-2H3,(H,23,24,26). The Bertz CT molecular complexity index is 1040. The van der Waals surface area contributed by atoms with Crippen LogP contribution in [0.25, 0.3) is 11.3 Å². The SMILES string of the molecule is Cc1ccccc1-c1csc(NC(=O)c2ccccc2N(C)C(=O)C2CC2)n1. The number of amides is 2. The van der Waals surface area contributed by atoms with E-state index in [1.54, 1.807) is 30.1 Å². The number of carbonyl (C=O) groups excluding carboxylic acids is 2. The van der Waals surface area contributed by atoms with Crippen LogP contribution in [-0.2, 0) is 4.79 Å². The summed E-state index contributed by atoms with van der Waals surface area (Å²) < 4.78 is 0. The van der Waals surface area contributed by atoms with Crippen molar-refractivity contribution >= 4 is 34.0 Å². The van der Waals surface area contributed by atoms with Gasteiger partial charge in [0.1, 0.15) is 0 Å². The highest BCUT2D eigenvalue weighted by atomic mass is 32.1. The molecule has 0 saturated heterocycles. The number of rotatable bonds is 5. The molecule has 0 bridgehead atoms. The molecule has 0 spiro atoms. The van der Waals surface area contributed by atoms with Crippen molar-refractivity contribution in [2.24, 2.45) is 5.92 Å². The number of hydrogen-bond donors (Lipinski definition) is 1. The van der Waals surface area contributed by atoms with Gasteiger partial charge in [0.05, 0.1) is 16.9 Å². The zero-order valence-electron chi connectivity index (χ0n) is 15.8. The Labute approximate surface area is 168 Å². The van der Waals surface area contributed by atoms with Gasteiger partial charge in [-0.05, 0) is 37.5 Å². The summed E-state index contributed by atoms with van der Waals surface area (Å²) in [4.78, 5) is 31.4. The number of benzene rings is 2. The van der Waals surface area contributed by atoms with E-state index in [9.17, 15) is 9.59 Å². The largest absolute Gasteiger partial charge is 0.314 e. The van der Waals surface area contributed by atoms with Gasteiger partial charge in [0.2, 0.25) is 5.91 Å². The van der Waals surface area contributed by atoms with E-state index in [1.807, 2.05) is 42.6 Å². The zero-order valence-corrected chi connectivity index (χ0v) is 16.6. The first kappa shape index (κ1) is 18.4. The van der Waals surface area contributed by atoms with Gasteiger partial charge in [0.15, 0.2) is 5.13 Å². The summed E-state index contributed by atoms with van der Waals surface area (Å²) in [6.45, 7) is 2.04. The third-order valence-corrected chi connectivity index (χ3v) is 5.67. The van der Waals surface area contributed by atoms with Gasteiger partial charge in [-0.15, -0.1) is 11.3 Å². The molecule has 1 heterocycles. The summed E-state index contributed by atoms with van der Waals surface area (Å²) in [5.41, 5.74) is 4.11. The van der Waals surface area contributed by atoms with Crippen LogP contribution in [0.3, 0.4) is 0 Å². The lowest BCUT2D eigenvalue weighted by Gasteiger charge is -2.20. The summed E-state index contributed by atoms with van der Waals surface area (Å²) in [5, 5.41) is 5.35. The van der Waals surface area contributed by atoms with E-state index < -0.39 is 0 Å². The second kappa shape index (κ2) is 7.56. The summed E-state index contributed by atoms with van der Waals surface area (Å²) in [6.07, 6.45) is 1.86. The molecule has 1 aromatic heterocycles. The summed E-state index contributed by atoms with van der Waals surface area (Å²) in [6, 6.07) is 15.2. The van der Waals surface area contributed by atoms with E-state index >= 15 is 0 Å². The lowest BCUT2D eigenvalue weighted by Crippen LogP contribution is -2.29. The molecule has 1 fully saturated rings. The van der Waals surface area contributed by atoms with Crippen LogP contribution in [0, 0.1) is 12.8 Å². The Morgan fingerprint density at radius 3 is 2.57 bits per heavy atom. The van der Waals surface area contributed by atoms with Crippen molar-refractivity contribution in [1.82, 2.24) is 4.98 Å². The maximum atomic E-state index is 12.9. The number of para-hydroxylation sites is 1. The Balaban J connectivity index is 1.55. The maximum absolute atomic E-state index is 12.9. The van der Waals surface area contributed by atoms with Gasteiger partial charge in [-0.3, -0.25) is 14.9 Å². The van der Waals surface area contributed by atoms with Crippen LogP contribution in [0.1, 0.15) is 28.8 Å². The van der Waals surface area contributed by atoms with E-state index in [2.05, 4.69) is 10.3 Å². The Morgan fingerprint density at radius 1 is 1.11 bits per heavy atom. The number of nitrogens with zero attached hydrogens (tertiary/aromatic N) is 2. The van der Waals surface area contributed by atoms with E-state index in [-0.39, 0.29) is 17.7 Å². The Kier molecular flexibility index (Phi) is 4.96. The highest BCUT2D eigenvalue weighted by Gasteiger charge is 2.33. The second-order valence-corrected chi connectivity index (χ2v) is 7.85. The molecule has 1 aliphatic carbocycles. The Hall–Kier alpha value is -2.99. The topological polar surface area (TPSA) is 62.3 Å². The molecule has 4 rings (SSSR count). The minimum Gasteiger partial charge on any atom is -0.314 e. The van der Waals surface area contributed by atoms with Crippen molar-refractivity contribution in [3.8, 4) is 11.3 Å². The van der Waals surface area contributed by atoms with Crippen molar-refractivity contribution in [2.75, 3.05) is 17.3 Å². The number of anilines is 2. The first-order chi connectivity index (χ1) is 13.5. The number of carbonyl (C=O) groups is 2. The molecule has 0 unspecified atom stereocenters. The van der Waals surface area contributed by atoms with Crippen LogP contribution in [0.5, 0.6) is 0 Å². The molecular formula is C22H21N3O2S. The van der Waals surface area contributed by atoms with E-state index in [1.165, 1.54) is 11.3 Å². The minimum absolute atomic E-state index is 0.0661. The lowest BCUT2D eigenvalue weighted by molar-refractivity contribution is -0.119. The smallest absolute Gasteiger partial charge is 0.259 e. The van der Waals surface area contributed by atoms with Crippen molar-refractivity contribution in [3.05, 3.63) is 65.0 Å². The molecular weight excluding hydrogens is 370 g/mol. The summed E-state index contributed by atoms with van der Waals surface area (Å²) >= 11 is 1.39. The predicted molar refractivity (Wildman–Crippen MR) is 113 cm³/mol. The third-order valence-electron chi connectivity index (χ3n) is 4.91. The molecule has 1 N–H and O–H groups in total. The van der Waals surface area contributed by atoms with Gasteiger partial charge >= 0.3 is 0 Å². The molecule has 0 aliphatic heterocycles. The molecule has 142 valence electrons. The fourth-order valence-electron chi connectivity index (χ4n) is 3.16. The number of nitrogens with one attached hydrogen (secondary N) is 1. The number of aromatic nitrogens is 1. The fourth-order valence-corrected chi connectivity index (χ4v) is 3.87. The van der Waals surface area contributed by atoms with Crippen LogP contribution >= 0.6 is 11.3 Å². The molecule has 2 aromatic carbocycles. The monoisotopic (exact) mass is 391 g/mol. The second-order valence-electron chi connectivity index (χ2n) is 7.00. The van der Waals surface area contributed by atoms with Crippen LogP contribution in [0.15, 0.2) is 53.9 Å². The van der Waals surface area contributed by atoms with Crippen molar-refractivity contribution in [2.45, 2.75) is 19.8 Å². The van der Waals surface area contributed by atoms with Crippen molar-refractivity contribution in [1.29, 1.82) is 0 Å². The molecule has 1 saturated carbocycles. The average molecular weight is 391 g/mol. The fraction of sp³-hybridized carbons (Fsp3) is 0.227. The molecule has 6 heteroatoms. The Morgan fingerprint density at radius 2 is 1.82 bits per heavy atom. The van der Waals surface area contributed by atoms with Crippen LogP contribution in [-0.4, -0.2) is 23.8 Å². The zero-order chi connectivity index (χ0) is 19.7. The van der Waals surface area contributed by atoms with E-state index in [4.69, 9.17) is 0 Å². The van der Waals surface area contributed by atoms with Crippen molar-refractivity contribution < 1.29 is 9.59 Å². The molecule has 2 amide bonds.